The molecule has 1 fully saturated rings. The van der Waals surface area contributed by atoms with E-state index < -0.39 is 12.0 Å². The van der Waals surface area contributed by atoms with Crippen molar-refractivity contribution >= 4 is 40.1 Å². The number of nitriles is 1. The standard InChI is InChI=1S/C23H19F2N7OS2/c1-31(2)21(33)14-5-3-4-13(8-14)16-9-15(35-30-23(12-26)6-7-23)10-18-17(16)11-27-32(18)22-29-28-20(34-22)19(24)25/h3-5,8-11,19,30H,6-7H2,1-2H3. The molecule has 0 spiro atoms. The van der Waals surface area contributed by atoms with E-state index in [9.17, 15) is 18.8 Å². The van der Waals surface area contributed by atoms with E-state index in [1.165, 1.54) is 21.5 Å². The molecule has 0 bridgehead atoms. The average Bonchev–Trinajstić information content (AvgIpc) is 3.25. The third-order valence-electron chi connectivity index (χ3n) is 5.61. The molecule has 0 unspecified atom stereocenters. The molecule has 12 heteroatoms. The van der Waals surface area contributed by atoms with Crippen molar-refractivity contribution in [3.63, 3.8) is 0 Å². The highest BCUT2D eigenvalue weighted by Crippen LogP contribution is 2.40. The Kier molecular flexibility index (Phi) is 6.00. The monoisotopic (exact) mass is 511 g/mol. The van der Waals surface area contributed by atoms with Gasteiger partial charge in [0.15, 0.2) is 5.01 Å². The van der Waals surface area contributed by atoms with Crippen LogP contribution in [0.1, 0.15) is 34.6 Å². The average molecular weight is 512 g/mol. The molecule has 8 nitrogen and oxygen atoms in total. The summed E-state index contributed by atoms with van der Waals surface area (Å²) in [5.41, 5.74) is 2.26. The van der Waals surface area contributed by atoms with Crippen molar-refractivity contribution in [3.05, 3.63) is 53.2 Å². The molecule has 1 aliphatic rings. The lowest BCUT2D eigenvalue weighted by atomic mass is 9.99. The van der Waals surface area contributed by atoms with Gasteiger partial charge in [-0.2, -0.15) is 10.4 Å². The summed E-state index contributed by atoms with van der Waals surface area (Å²) in [4.78, 5) is 14.9. The molecular formula is C23H19F2N7OS2. The van der Waals surface area contributed by atoms with Crippen molar-refractivity contribution in [2.75, 3.05) is 14.1 Å². The fraction of sp³-hybridized carbons (Fsp3) is 0.261. The van der Waals surface area contributed by atoms with Gasteiger partial charge in [0.05, 0.1) is 17.8 Å². The van der Waals surface area contributed by atoms with Gasteiger partial charge in [-0.3, -0.25) is 4.79 Å². The van der Waals surface area contributed by atoms with Crippen LogP contribution in [0.25, 0.3) is 27.2 Å². The van der Waals surface area contributed by atoms with Crippen LogP contribution < -0.4 is 4.72 Å². The lowest BCUT2D eigenvalue weighted by Crippen LogP contribution is -2.22. The minimum absolute atomic E-state index is 0.121. The highest BCUT2D eigenvalue weighted by Gasteiger charge is 2.43. The number of fused-ring (bicyclic) bond motifs is 1. The van der Waals surface area contributed by atoms with Crippen molar-refractivity contribution in [2.24, 2.45) is 0 Å². The number of hydrogen-bond donors (Lipinski definition) is 1. The minimum Gasteiger partial charge on any atom is -0.345 e. The van der Waals surface area contributed by atoms with E-state index in [-0.39, 0.29) is 16.0 Å². The van der Waals surface area contributed by atoms with E-state index in [0.717, 1.165) is 45.6 Å². The van der Waals surface area contributed by atoms with Gasteiger partial charge in [-0.1, -0.05) is 23.5 Å². The lowest BCUT2D eigenvalue weighted by Gasteiger charge is -2.13. The summed E-state index contributed by atoms with van der Waals surface area (Å²) in [6.45, 7) is 0. The topological polar surface area (TPSA) is 99.7 Å². The fourth-order valence-corrected chi connectivity index (χ4v) is 5.13. The Labute approximate surface area is 207 Å². The summed E-state index contributed by atoms with van der Waals surface area (Å²) in [6.07, 6.45) is 0.485. The smallest absolute Gasteiger partial charge is 0.291 e. The Morgan fingerprint density at radius 2 is 2.09 bits per heavy atom. The van der Waals surface area contributed by atoms with Gasteiger partial charge in [0, 0.05) is 29.9 Å². The first kappa shape index (κ1) is 23.3. The predicted molar refractivity (Wildman–Crippen MR) is 130 cm³/mol. The number of rotatable bonds is 7. The molecular weight excluding hydrogens is 492 g/mol. The third-order valence-corrected chi connectivity index (χ3v) is 7.49. The maximum Gasteiger partial charge on any atom is 0.291 e. The molecule has 0 atom stereocenters. The van der Waals surface area contributed by atoms with Crippen LogP contribution in [0.15, 0.2) is 47.5 Å². The first-order valence-electron chi connectivity index (χ1n) is 10.6. The van der Waals surface area contributed by atoms with E-state index in [2.05, 4.69) is 26.1 Å². The van der Waals surface area contributed by atoms with Gasteiger partial charge in [-0.05, 0) is 60.2 Å². The summed E-state index contributed by atoms with van der Waals surface area (Å²) >= 11 is 2.10. The summed E-state index contributed by atoms with van der Waals surface area (Å²) < 4.78 is 30.9. The van der Waals surface area contributed by atoms with Crippen LogP contribution in [0.2, 0.25) is 0 Å². The van der Waals surface area contributed by atoms with Crippen LogP contribution in [0.5, 0.6) is 0 Å². The molecule has 2 aromatic carbocycles. The highest BCUT2D eigenvalue weighted by molar-refractivity contribution is 7.97. The molecule has 35 heavy (non-hydrogen) atoms. The highest BCUT2D eigenvalue weighted by atomic mass is 32.2. The Morgan fingerprint density at radius 1 is 1.29 bits per heavy atom. The normalized spacial score (nSPS) is 14.3. The molecule has 178 valence electrons. The van der Waals surface area contributed by atoms with Crippen molar-refractivity contribution in [2.45, 2.75) is 29.7 Å². The van der Waals surface area contributed by atoms with Crippen LogP contribution in [0, 0.1) is 11.3 Å². The van der Waals surface area contributed by atoms with Crippen molar-refractivity contribution in [1.29, 1.82) is 5.26 Å². The molecule has 0 aliphatic heterocycles. The van der Waals surface area contributed by atoms with E-state index in [4.69, 9.17) is 0 Å². The molecule has 1 N–H and O–H groups in total. The number of aromatic nitrogens is 4. The summed E-state index contributed by atoms with van der Waals surface area (Å²) in [5, 5.41) is 21.9. The van der Waals surface area contributed by atoms with E-state index in [1.807, 2.05) is 30.3 Å². The van der Waals surface area contributed by atoms with Crippen molar-refractivity contribution in [3.8, 4) is 22.3 Å². The number of benzene rings is 2. The number of halogens is 2. The van der Waals surface area contributed by atoms with Crippen LogP contribution in [-0.4, -0.2) is 50.4 Å². The minimum atomic E-state index is -2.72. The summed E-state index contributed by atoms with van der Waals surface area (Å²) in [5.74, 6) is -0.121. The molecule has 4 aromatic rings. The maximum absolute atomic E-state index is 13.1. The van der Waals surface area contributed by atoms with Gasteiger partial charge in [-0.15, -0.1) is 10.2 Å². The molecule has 5 rings (SSSR count). The lowest BCUT2D eigenvalue weighted by molar-refractivity contribution is 0.0827. The van der Waals surface area contributed by atoms with Gasteiger partial charge in [0.1, 0.15) is 5.54 Å². The van der Waals surface area contributed by atoms with Crippen LogP contribution in [-0.2, 0) is 0 Å². The van der Waals surface area contributed by atoms with Gasteiger partial charge in [-0.25, -0.2) is 18.2 Å². The molecule has 1 aliphatic carbocycles. The van der Waals surface area contributed by atoms with E-state index >= 15 is 0 Å². The number of amides is 1. The third kappa shape index (κ3) is 4.50. The number of nitrogens with one attached hydrogen (secondary N) is 1. The fourth-order valence-electron chi connectivity index (χ4n) is 3.55. The number of carbonyl (C=O) groups is 1. The number of alkyl halides is 2. The second kappa shape index (κ2) is 8.99. The molecule has 2 aromatic heterocycles. The van der Waals surface area contributed by atoms with Crippen molar-refractivity contribution < 1.29 is 13.6 Å². The Hall–Kier alpha value is -3.40. The second-order valence-electron chi connectivity index (χ2n) is 8.36. The summed E-state index contributed by atoms with van der Waals surface area (Å²) in [7, 11) is 3.39. The van der Waals surface area contributed by atoms with Crippen LogP contribution in [0.4, 0.5) is 8.78 Å². The molecule has 1 saturated carbocycles. The second-order valence-corrected chi connectivity index (χ2v) is 10.2. The predicted octanol–water partition coefficient (Wildman–Crippen LogP) is 4.84. The molecule has 0 radical (unpaired) electrons. The number of hydrogen-bond acceptors (Lipinski definition) is 8. The Bertz CT molecular complexity index is 1470. The zero-order chi connectivity index (χ0) is 24.7. The van der Waals surface area contributed by atoms with Gasteiger partial charge in [0.25, 0.3) is 12.3 Å². The maximum atomic E-state index is 13.1. The van der Waals surface area contributed by atoms with Crippen LogP contribution in [0.3, 0.4) is 0 Å². The first-order valence-corrected chi connectivity index (χ1v) is 12.2. The van der Waals surface area contributed by atoms with Gasteiger partial charge >= 0.3 is 0 Å². The van der Waals surface area contributed by atoms with Crippen molar-refractivity contribution in [1.82, 2.24) is 29.6 Å². The van der Waals surface area contributed by atoms with Gasteiger partial charge < -0.3 is 4.90 Å². The molecule has 0 saturated heterocycles. The Morgan fingerprint density at radius 3 is 2.74 bits per heavy atom. The van der Waals surface area contributed by atoms with Gasteiger partial charge in [0.2, 0.25) is 5.13 Å². The first-order chi connectivity index (χ1) is 16.8. The SMILES string of the molecule is CN(C)C(=O)c1cccc(-c2cc(SNC3(C#N)CC3)cc3c2cnn3-c2nnc(C(F)F)s2)c1. The van der Waals surface area contributed by atoms with E-state index in [1.54, 1.807) is 26.4 Å². The zero-order valence-corrected chi connectivity index (χ0v) is 20.3. The number of carbonyl (C=O) groups excluding carboxylic acids is 1. The molecule has 2 heterocycles. The number of nitrogens with zero attached hydrogens (tertiary/aromatic N) is 6. The summed E-state index contributed by atoms with van der Waals surface area (Å²) in [6, 6.07) is 13.4. The van der Waals surface area contributed by atoms with Crippen LogP contribution >= 0.6 is 23.3 Å². The molecule has 1 amide bonds. The zero-order valence-electron chi connectivity index (χ0n) is 18.7. The van der Waals surface area contributed by atoms with E-state index in [0.29, 0.717) is 11.1 Å². The largest absolute Gasteiger partial charge is 0.345 e. The Balaban J connectivity index is 1.63. The quantitative estimate of drug-likeness (QED) is 0.355.